The van der Waals surface area contributed by atoms with Gasteiger partial charge in [0, 0.05) is 6.08 Å². The maximum absolute atomic E-state index is 10.2. The maximum Gasteiger partial charge on any atom is 0.328 e. The van der Waals surface area contributed by atoms with Crippen molar-refractivity contribution in [1.82, 2.24) is 0 Å². The van der Waals surface area contributed by atoms with Crippen molar-refractivity contribution in [3.63, 3.8) is 0 Å². The zero-order valence-corrected chi connectivity index (χ0v) is 14.9. The molecule has 3 N–H and O–H groups in total. The van der Waals surface area contributed by atoms with Gasteiger partial charge in [-0.15, -0.1) is 0 Å². The van der Waals surface area contributed by atoms with Crippen molar-refractivity contribution < 1.29 is 20.1 Å². The zero-order chi connectivity index (χ0) is 18.0. The highest BCUT2D eigenvalue weighted by molar-refractivity contribution is 5.80. The average molecular weight is 338 g/mol. The number of carbonyl (C=O) groups is 1. The lowest BCUT2D eigenvalue weighted by Crippen LogP contribution is -2.25. The fourth-order valence-corrected chi connectivity index (χ4v) is 2.40. The van der Waals surface area contributed by atoms with Gasteiger partial charge < -0.3 is 15.3 Å². The minimum Gasteiger partial charge on any atom is -0.478 e. The lowest BCUT2D eigenvalue weighted by Gasteiger charge is -2.17. The highest BCUT2D eigenvalue weighted by Gasteiger charge is 2.14. The summed E-state index contributed by atoms with van der Waals surface area (Å²) in [5.74, 6) is -0.961. The number of rotatable bonds is 15. The molecule has 0 saturated carbocycles. The summed E-state index contributed by atoms with van der Waals surface area (Å²) in [5.41, 5.74) is 0. The summed E-state index contributed by atoms with van der Waals surface area (Å²) in [5, 5.41) is 28.3. The molecular formula is C20H34O4. The Morgan fingerprint density at radius 1 is 0.833 bits per heavy atom. The lowest BCUT2D eigenvalue weighted by atomic mass is 10.0. The van der Waals surface area contributed by atoms with E-state index in [1.807, 2.05) is 12.2 Å². The van der Waals surface area contributed by atoms with E-state index in [2.05, 4.69) is 6.92 Å². The predicted octanol–water partition coefficient (Wildman–Crippen LogP) is 4.38. The van der Waals surface area contributed by atoms with Crippen molar-refractivity contribution in [3.05, 3.63) is 36.5 Å². The van der Waals surface area contributed by atoms with E-state index < -0.39 is 18.2 Å². The molecule has 0 rings (SSSR count). The lowest BCUT2D eigenvalue weighted by molar-refractivity contribution is -0.131. The van der Waals surface area contributed by atoms with E-state index in [0.717, 1.165) is 31.8 Å². The van der Waals surface area contributed by atoms with Crippen LogP contribution in [-0.2, 0) is 4.79 Å². The normalized spacial score (nSPS) is 14.8. The Hall–Kier alpha value is -1.39. The van der Waals surface area contributed by atoms with Crippen LogP contribution in [0.2, 0.25) is 0 Å². The molecule has 0 spiro atoms. The van der Waals surface area contributed by atoms with Crippen LogP contribution in [-0.4, -0.2) is 33.5 Å². The van der Waals surface area contributed by atoms with Crippen LogP contribution in [0.5, 0.6) is 0 Å². The van der Waals surface area contributed by atoms with Gasteiger partial charge in [0.2, 0.25) is 0 Å². The molecule has 0 aliphatic heterocycles. The summed E-state index contributed by atoms with van der Waals surface area (Å²) in [6.07, 6.45) is 18.6. The van der Waals surface area contributed by atoms with Crippen LogP contribution >= 0.6 is 0 Å². The zero-order valence-electron chi connectivity index (χ0n) is 14.9. The molecule has 0 aliphatic rings. The molecule has 4 heteroatoms. The van der Waals surface area contributed by atoms with Crippen molar-refractivity contribution in [2.75, 3.05) is 0 Å². The second-order valence-electron chi connectivity index (χ2n) is 6.13. The Morgan fingerprint density at radius 3 is 2.08 bits per heavy atom. The van der Waals surface area contributed by atoms with Gasteiger partial charge in [-0.25, -0.2) is 4.79 Å². The first-order valence-electron chi connectivity index (χ1n) is 9.16. The van der Waals surface area contributed by atoms with Gasteiger partial charge in [0.15, 0.2) is 0 Å². The van der Waals surface area contributed by atoms with Crippen LogP contribution in [0.15, 0.2) is 36.5 Å². The van der Waals surface area contributed by atoms with E-state index in [4.69, 9.17) is 5.11 Å². The third-order valence-electron chi connectivity index (χ3n) is 3.88. The van der Waals surface area contributed by atoms with Crippen molar-refractivity contribution in [2.45, 2.75) is 83.3 Å². The maximum atomic E-state index is 10.2. The van der Waals surface area contributed by atoms with Crippen LogP contribution in [0.1, 0.15) is 71.1 Å². The van der Waals surface area contributed by atoms with Gasteiger partial charge in [-0.05, 0) is 25.7 Å². The Kier molecular flexibility index (Phi) is 15.5. The van der Waals surface area contributed by atoms with E-state index in [9.17, 15) is 15.0 Å². The summed E-state index contributed by atoms with van der Waals surface area (Å²) in [7, 11) is 0. The number of allylic oxidation sites excluding steroid dienone is 5. The quantitative estimate of drug-likeness (QED) is 0.235. The summed E-state index contributed by atoms with van der Waals surface area (Å²) in [4.78, 5) is 10.2. The molecule has 4 nitrogen and oxygen atoms in total. The number of aliphatic hydroxyl groups excluding tert-OH is 2. The third kappa shape index (κ3) is 15.5. The number of unbranched alkanes of at least 4 members (excludes halogenated alkanes) is 6. The Labute approximate surface area is 146 Å². The molecule has 0 bridgehead atoms. The van der Waals surface area contributed by atoms with E-state index >= 15 is 0 Å². The molecule has 24 heavy (non-hydrogen) atoms. The number of aliphatic carboxylic acids is 1. The second kappa shape index (κ2) is 16.5. The number of hydrogen-bond acceptors (Lipinski definition) is 3. The van der Waals surface area contributed by atoms with Gasteiger partial charge in [0.25, 0.3) is 0 Å². The van der Waals surface area contributed by atoms with Gasteiger partial charge in [-0.2, -0.15) is 0 Å². The first-order chi connectivity index (χ1) is 11.6. The molecule has 138 valence electrons. The molecule has 0 saturated heterocycles. The summed E-state index contributed by atoms with van der Waals surface area (Å²) in [6.45, 7) is 2.20. The average Bonchev–Trinajstić information content (AvgIpc) is 2.55. The number of aliphatic hydroxyl groups is 2. The summed E-state index contributed by atoms with van der Waals surface area (Å²) >= 11 is 0. The fourth-order valence-electron chi connectivity index (χ4n) is 2.40. The minimum absolute atomic E-state index is 0.601. The molecule has 0 aromatic rings. The van der Waals surface area contributed by atoms with Crippen molar-refractivity contribution in [3.8, 4) is 0 Å². The van der Waals surface area contributed by atoms with Crippen LogP contribution in [0.3, 0.4) is 0 Å². The van der Waals surface area contributed by atoms with Crippen LogP contribution in [0.4, 0.5) is 0 Å². The molecule has 2 unspecified atom stereocenters. The monoisotopic (exact) mass is 338 g/mol. The Bertz CT molecular complexity index is 385. The fraction of sp³-hybridized carbons (Fsp3) is 0.650. The van der Waals surface area contributed by atoms with E-state index in [0.29, 0.717) is 12.8 Å². The molecule has 0 aromatic heterocycles. The Balaban J connectivity index is 3.62. The topological polar surface area (TPSA) is 77.8 Å². The molecule has 0 radical (unpaired) electrons. The number of hydrogen-bond donors (Lipinski definition) is 3. The van der Waals surface area contributed by atoms with Crippen molar-refractivity contribution in [1.29, 1.82) is 0 Å². The molecule has 0 heterocycles. The smallest absolute Gasteiger partial charge is 0.328 e. The van der Waals surface area contributed by atoms with Crippen LogP contribution in [0, 0.1) is 0 Å². The molecule has 0 fully saturated rings. The predicted molar refractivity (Wildman–Crippen MR) is 98.9 cm³/mol. The Morgan fingerprint density at radius 2 is 1.42 bits per heavy atom. The van der Waals surface area contributed by atoms with Gasteiger partial charge in [0.1, 0.15) is 0 Å². The van der Waals surface area contributed by atoms with E-state index in [-0.39, 0.29) is 0 Å². The largest absolute Gasteiger partial charge is 0.478 e. The van der Waals surface area contributed by atoms with E-state index in [1.165, 1.54) is 31.8 Å². The van der Waals surface area contributed by atoms with Crippen LogP contribution < -0.4 is 0 Å². The molecule has 0 aromatic carbocycles. The van der Waals surface area contributed by atoms with Crippen molar-refractivity contribution in [2.24, 2.45) is 0 Å². The number of carboxylic acids is 1. The van der Waals surface area contributed by atoms with Gasteiger partial charge >= 0.3 is 5.97 Å². The first-order valence-corrected chi connectivity index (χ1v) is 9.16. The molecular weight excluding hydrogens is 304 g/mol. The second-order valence-corrected chi connectivity index (χ2v) is 6.13. The molecule has 0 aliphatic carbocycles. The minimum atomic E-state index is -0.961. The van der Waals surface area contributed by atoms with Gasteiger partial charge in [0.05, 0.1) is 12.2 Å². The summed E-state index contributed by atoms with van der Waals surface area (Å²) < 4.78 is 0. The van der Waals surface area contributed by atoms with Gasteiger partial charge in [-0.1, -0.05) is 75.8 Å². The number of carboxylic acid groups (broad SMARTS) is 1. The molecule has 2 atom stereocenters. The van der Waals surface area contributed by atoms with E-state index in [1.54, 1.807) is 12.2 Å². The van der Waals surface area contributed by atoms with Crippen LogP contribution in [0.25, 0.3) is 0 Å². The van der Waals surface area contributed by atoms with Gasteiger partial charge in [-0.3, -0.25) is 0 Å². The highest BCUT2D eigenvalue weighted by atomic mass is 16.4. The standard InChI is InChI=1S/C20H34O4/c1-2-3-4-5-9-12-15-18(21)19(22)16-13-10-7-6-8-11-14-17-20(23)24/h6-8,11,14,17-19,21-22H,2-5,9-10,12-13,15-16H2,1H3,(H,23,24)/b7-6+,11-8+,17-14+. The summed E-state index contributed by atoms with van der Waals surface area (Å²) in [6, 6.07) is 0. The highest BCUT2D eigenvalue weighted by Crippen LogP contribution is 2.13. The van der Waals surface area contributed by atoms with Crippen molar-refractivity contribution >= 4 is 5.97 Å². The molecule has 0 amide bonds. The SMILES string of the molecule is CCCCCCCCC(O)C(O)CCC/C=C/C=C/C=C/C(=O)O. The first kappa shape index (κ1) is 22.6. The third-order valence-corrected chi connectivity index (χ3v) is 3.88.